The van der Waals surface area contributed by atoms with Gasteiger partial charge in [0.25, 0.3) is 0 Å². The molecule has 1 aliphatic rings. The standard InChI is InChI=1S/C17H13ClN2OS2/c1-21-12-5-3-11(4-6-12)19-17-20-16-13-8-10(18)2-7-14(13)22-9-15(16)23-17/h2-8H,9H2,1H3,(H,19,20). The van der Waals surface area contributed by atoms with Crippen LogP contribution in [0.15, 0.2) is 47.4 Å². The number of hydrogen-bond donors (Lipinski definition) is 1. The molecule has 3 nitrogen and oxygen atoms in total. The molecule has 2 aromatic carbocycles. The summed E-state index contributed by atoms with van der Waals surface area (Å²) in [4.78, 5) is 7.29. The van der Waals surface area contributed by atoms with Gasteiger partial charge in [0.15, 0.2) is 5.13 Å². The molecule has 0 bridgehead atoms. The first-order valence-electron chi connectivity index (χ1n) is 7.06. The van der Waals surface area contributed by atoms with Gasteiger partial charge < -0.3 is 10.1 Å². The van der Waals surface area contributed by atoms with Gasteiger partial charge in [-0.25, -0.2) is 4.98 Å². The topological polar surface area (TPSA) is 34.1 Å². The summed E-state index contributed by atoms with van der Waals surface area (Å²) in [7, 11) is 1.66. The van der Waals surface area contributed by atoms with Crippen molar-refractivity contribution in [2.45, 2.75) is 10.6 Å². The Bertz CT molecular complexity index is 862. The summed E-state index contributed by atoms with van der Waals surface area (Å²) in [6.45, 7) is 0. The fraction of sp³-hybridized carbons (Fsp3) is 0.118. The number of methoxy groups -OCH3 is 1. The number of anilines is 2. The largest absolute Gasteiger partial charge is 0.497 e. The van der Waals surface area contributed by atoms with Crippen molar-refractivity contribution in [2.75, 3.05) is 12.4 Å². The van der Waals surface area contributed by atoms with E-state index in [0.717, 1.165) is 38.6 Å². The molecule has 23 heavy (non-hydrogen) atoms. The van der Waals surface area contributed by atoms with Gasteiger partial charge in [0, 0.05) is 31.8 Å². The lowest BCUT2D eigenvalue weighted by Gasteiger charge is -2.14. The fourth-order valence-electron chi connectivity index (χ4n) is 2.47. The monoisotopic (exact) mass is 360 g/mol. The van der Waals surface area contributed by atoms with E-state index in [9.17, 15) is 0 Å². The zero-order chi connectivity index (χ0) is 15.8. The SMILES string of the molecule is COc1ccc(Nc2nc3c(s2)CSc2ccc(Cl)cc2-3)cc1. The second-order valence-corrected chi connectivity index (χ2v) is 7.61. The molecule has 2 heterocycles. The number of nitrogens with zero attached hydrogens (tertiary/aromatic N) is 1. The van der Waals surface area contributed by atoms with Crippen LogP contribution < -0.4 is 10.1 Å². The van der Waals surface area contributed by atoms with Gasteiger partial charge in [-0.1, -0.05) is 11.6 Å². The summed E-state index contributed by atoms with van der Waals surface area (Å²) in [5, 5.41) is 5.01. The van der Waals surface area contributed by atoms with E-state index in [0.29, 0.717) is 0 Å². The molecule has 1 aliphatic heterocycles. The van der Waals surface area contributed by atoms with E-state index in [-0.39, 0.29) is 0 Å². The van der Waals surface area contributed by atoms with E-state index in [1.165, 1.54) is 9.77 Å². The number of thioether (sulfide) groups is 1. The van der Waals surface area contributed by atoms with Gasteiger partial charge >= 0.3 is 0 Å². The first kappa shape index (κ1) is 14.9. The number of benzene rings is 2. The molecule has 0 aliphatic carbocycles. The van der Waals surface area contributed by atoms with E-state index in [4.69, 9.17) is 21.3 Å². The summed E-state index contributed by atoms with van der Waals surface area (Å²) in [5.41, 5.74) is 3.17. The number of thiazole rings is 1. The Morgan fingerprint density at radius 2 is 2.00 bits per heavy atom. The minimum Gasteiger partial charge on any atom is -0.497 e. The maximum absolute atomic E-state index is 6.15. The molecule has 0 unspecified atom stereocenters. The highest BCUT2D eigenvalue weighted by Gasteiger charge is 2.21. The lowest BCUT2D eigenvalue weighted by atomic mass is 10.1. The molecule has 3 aromatic rings. The predicted octanol–water partition coefficient (Wildman–Crippen LogP) is 5.82. The smallest absolute Gasteiger partial charge is 0.188 e. The minimum atomic E-state index is 0.745. The minimum absolute atomic E-state index is 0.745. The molecular formula is C17H13ClN2OS2. The van der Waals surface area contributed by atoms with E-state index in [1.807, 2.05) is 48.2 Å². The molecule has 0 saturated heterocycles. The highest BCUT2D eigenvalue weighted by molar-refractivity contribution is 7.98. The number of fused-ring (bicyclic) bond motifs is 3. The third kappa shape index (κ3) is 2.92. The van der Waals surface area contributed by atoms with Crippen molar-refractivity contribution in [3.63, 3.8) is 0 Å². The quantitative estimate of drug-likeness (QED) is 0.638. The average Bonchev–Trinajstić information content (AvgIpc) is 2.98. The van der Waals surface area contributed by atoms with Crippen LogP contribution in [0.3, 0.4) is 0 Å². The second-order valence-electron chi connectivity index (χ2n) is 5.07. The maximum Gasteiger partial charge on any atom is 0.188 e. The summed E-state index contributed by atoms with van der Waals surface area (Å²) >= 11 is 9.67. The average molecular weight is 361 g/mol. The number of rotatable bonds is 3. The zero-order valence-electron chi connectivity index (χ0n) is 12.3. The molecule has 0 spiro atoms. The zero-order valence-corrected chi connectivity index (χ0v) is 14.7. The fourth-order valence-corrected chi connectivity index (χ4v) is 4.74. The Hall–Kier alpha value is -1.69. The number of hydrogen-bond acceptors (Lipinski definition) is 5. The third-order valence-electron chi connectivity index (χ3n) is 3.59. The lowest BCUT2D eigenvalue weighted by Crippen LogP contribution is -1.94. The molecule has 1 aromatic heterocycles. The molecule has 4 rings (SSSR count). The number of nitrogens with one attached hydrogen (secondary N) is 1. The maximum atomic E-state index is 6.15. The third-order valence-corrected chi connectivity index (χ3v) is 6.08. The highest BCUT2D eigenvalue weighted by atomic mass is 35.5. The van der Waals surface area contributed by atoms with Crippen LogP contribution in [0.4, 0.5) is 10.8 Å². The molecule has 1 N–H and O–H groups in total. The first-order valence-corrected chi connectivity index (χ1v) is 9.24. The van der Waals surface area contributed by atoms with Gasteiger partial charge in [-0.3, -0.25) is 0 Å². The lowest BCUT2D eigenvalue weighted by molar-refractivity contribution is 0.415. The summed E-state index contributed by atoms with van der Waals surface area (Å²) in [6, 6.07) is 13.8. The first-order chi connectivity index (χ1) is 11.2. The van der Waals surface area contributed by atoms with Crippen molar-refractivity contribution in [2.24, 2.45) is 0 Å². The van der Waals surface area contributed by atoms with Crippen LogP contribution in [0.5, 0.6) is 5.75 Å². The predicted molar refractivity (Wildman–Crippen MR) is 98.4 cm³/mol. The Balaban J connectivity index is 1.65. The van der Waals surface area contributed by atoms with Crippen molar-refractivity contribution < 1.29 is 4.74 Å². The Morgan fingerprint density at radius 1 is 1.17 bits per heavy atom. The Morgan fingerprint density at radius 3 is 2.78 bits per heavy atom. The van der Waals surface area contributed by atoms with Crippen molar-refractivity contribution in [3.05, 3.63) is 52.4 Å². The molecule has 0 saturated carbocycles. The van der Waals surface area contributed by atoms with E-state index in [2.05, 4.69) is 11.4 Å². The van der Waals surface area contributed by atoms with Crippen LogP contribution in [0.2, 0.25) is 5.02 Å². The summed E-state index contributed by atoms with van der Waals surface area (Å²) in [5.74, 6) is 1.79. The van der Waals surface area contributed by atoms with Crippen LogP contribution >= 0.6 is 34.7 Å². The number of halogens is 1. The van der Waals surface area contributed by atoms with E-state index >= 15 is 0 Å². The van der Waals surface area contributed by atoms with Crippen LogP contribution in [0.25, 0.3) is 11.3 Å². The van der Waals surface area contributed by atoms with Crippen LogP contribution in [-0.4, -0.2) is 12.1 Å². The van der Waals surface area contributed by atoms with Gasteiger partial charge in [0.1, 0.15) is 5.75 Å². The van der Waals surface area contributed by atoms with Crippen molar-refractivity contribution in [1.29, 1.82) is 0 Å². The molecular weight excluding hydrogens is 348 g/mol. The molecule has 116 valence electrons. The summed E-state index contributed by atoms with van der Waals surface area (Å²) < 4.78 is 5.18. The van der Waals surface area contributed by atoms with Gasteiger partial charge in [0.2, 0.25) is 0 Å². The van der Waals surface area contributed by atoms with Gasteiger partial charge in [0.05, 0.1) is 12.8 Å². The van der Waals surface area contributed by atoms with Crippen molar-refractivity contribution in [3.8, 4) is 17.0 Å². The van der Waals surface area contributed by atoms with Crippen molar-refractivity contribution in [1.82, 2.24) is 4.98 Å². The Kier molecular flexibility index (Phi) is 3.93. The van der Waals surface area contributed by atoms with Crippen LogP contribution in [0, 0.1) is 0 Å². The van der Waals surface area contributed by atoms with Crippen LogP contribution in [-0.2, 0) is 5.75 Å². The van der Waals surface area contributed by atoms with Gasteiger partial charge in [-0.2, -0.15) is 0 Å². The second kappa shape index (κ2) is 6.07. The molecule has 0 atom stereocenters. The molecule has 6 heteroatoms. The molecule has 0 amide bonds. The van der Waals surface area contributed by atoms with Crippen molar-refractivity contribution >= 4 is 45.5 Å². The van der Waals surface area contributed by atoms with E-state index in [1.54, 1.807) is 18.4 Å². The van der Waals surface area contributed by atoms with Crippen LogP contribution in [0.1, 0.15) is 4.88 Å². The van der Waals surface area contributed by atoms with E-state index < -0.39 is 0 Å². The van der Waals surface area contributed by atoms with Gasteiger partial charge in [-0.15, -0.1) is 23.1 Å². The number of aromatic nitrogens is 1. The van der Waals surface area contributed by atoms with Gasteiger partial charge in [-0.05, 0) is 42.5 Å². The highest BCUT2D eigenvalue weighted by Crippen LogP contribution is 2.45. The Labute approximate surface area is 147 Å². The summed E-state index contributed by atoms with van der Waals surface area (Å²) in [6.07, 6.45) is 0. The molecule has 0 radical (unpaired) electrons. The number of ether oxygens (including phenoxy) is 1. The molecule has 0 fully saturated rings. The normalized spacial score (nSPS) is 12.4.